The van der Waals surface area contributed by atoms with Crippen molar-refractivity contribution in [3.8, 4) is 23.2 Å². The van der Waals surface area contributed by atoms with Crippen molar-refractivity contribution in [1.82, 2.24) is 9.55 Å². The van der Waals surface area contributed by atoms with E-state index in [1.54, 1.807) is 19.9 Å². The number of methoxy groups -OCH3 is 1. The molecular weight excluding hydrogens is 295 g/mol. The summed E-state index contributed by atoms with van der Waals surface area (Å²) >= 11 is 0. The van der Waals surface area contributed by atoms with Crippen LogP contribution in [0.5, 0.6) is 5.75 Å². The van der Waals surface area contributed by atoms with Gasteiger partial charge in [-0.05, 0) is 32.0 Å². The van der Waals surface area contributed by atoms with Crippen LogP contribution in [-0.2, 0) is 6.18 Å². The number of alkyl halides is 3. The predicted octanol–water partition coefficient (Wildman–Crippen LogP) is 4.03. The highest BCUT2D eigenvalue weighted by atomic mass is 19.4. The Labute approximate surface area is 125 Å². The van der Waals surface area contributed by atoms with Crippen LogP contribution in [-0.4, -0.2) is 16.7 Å². The number of hydrogen-bond acceptors (Lipinski definition) is 3. The summed E-state index contributed by atoms with van der Waals surface area (Å²) in [5, 5.41) is 8.90. The molecule has 1 aromatic carbocycles. The fourth-order valence-electron chi connectivity index (χ4n) is 2.07. The first-order valence-electron chi connectivity index (χ1n) is 6.52. The zero-order chi connectivity index (χ0) is 16.5. The Morgan fingerprint density at radius 3 is 2.50 bits per heavy atom. The molecule has 0 radical (unpaired) electrons. The van der Waals surface area contributed by atoms with Gasteiger partial charge in [0.2, 0.25) is 0 Å². The van der Waals surface area contributed by atoms with Gasteiger partial charge >= 0.3 is 6.18 Å². The topological polar surface area (TPSA) is 50.8 Å². The summed E-state index contributed by atoms with van der Waals surface area (Å²) in [6, 6.07) is 6.28. The highest BCUT2D eigenvalue weighted by molar-refractivity contribution is 5.67. The second-order valence-corrected chi connectivity index (χ2v) is 4.98. The molecule has 1 aromatic heterocycles. The van der Waals surface area contributed by atoms with E-state index in [9.17, 15) is 13.2 Å². The van der Waals surface area contributed by atoms with E-state index in [2.05, 4.69) is 4.98 Å². The van der Waals surface area contributed by atoms with Gasteiger partial charge in [-0.1, -0.05) is 0 Å². The van der Waals surface area contributed by atoms with Crippen molar-refractivity contribution in [3.63, 3.8) is 0 Å². The van der Waals surface area contributed by atoms with Gasteiger partial charge in [0.05, 0.1) is 24.3 Å². The summed E-state index contributed by atoms with van der Waals surface area (Å²) in [5.74, 6) is 0.462. The molecule has 0 spiro atoms. The molecule has 0 aliphatic heterocycles. The molecule has 0 amide bonds. The van der Waals surface area contributed by atoms with Crippen molar-refractivity contribution in [1.29, 1.82) is 5.26 Å². The minimum absolute atomic E-state index is 0.156. The number of hydrogen-bond donors (Lipinski definition) is 0. The van der Waals surface area contributed by atoms with Gasteiger partial charge in [-0.15, -0.1) is 0 Å². The molecule has 7 heteroatoms. The Morgan fingerprint density at radius 2 is 2.00 bits per heavy atom. The molecule has 0 bridgehead atoms. The lowest BCUT2D eigenvalue weighted by atomic mass is 10.1. The van der Waals surface area contributed by atoms with Gasteiger partial charge in [0, 0.05) is 12.2 Å². The minimum Gasteiger partial charge on any atom is -0.496 e. The molecule has 0 saturated carbocycles. The van der Waals surface area contributed by atoms with Crippen molar-refractivity contribution in [3.05, 3.63) is 35.7 Å². The molecule has 1 heterocycles. The number of halogens is 3. The van der Waals surface area contributed by atoms with Gasteiger partial charge < -0.3 is 9.30 Å². The molecule has 0 aliphatic rings. The third kappa shape index (κ3) is 2.91. The average molecular weight is 309 g/mol. The zero-order valence-electron chi connectivity index (χ0n) is 12.3. The van der Waals surface area contributed by atoms with Crippen molar-refractivity contribution >= 4 is 0 Å². The Kier molecular flexibility index (Phi) is 4.13. The van der Waals surface area contributed by atoms with Crippen LogP contribution in [0.3, 0.4) is 0 Å². The Balaban J connectivity index is 2.66. The summed E-state index contributed by atoms with van der Waals surface area (Å²) < 4.78 is 45.4. The summed E-state index contributed by atoms with van der Waals surface area (Å²) in [7, 11) is 1.40. The molecule has 22 heavy (non-hydrogen) atoms. The van der Waals surface area contributed by atoms with Gasteiger partial charge in [0.1, 0.15) is 11.6 Å². The maximum absolute atomic E-state index is 12.9. The molecule has 116 valence electrons. The largest absolute Gasteiger partial charge is 0.496 e. The lowest BCUT2D eigenvalue weighted by Gasteiger charge is -2.13. The molecule has 0 atom stereocenters. The maximum atomic E-state index is 12.9. The summed E-state index contributed by atoms with van der Waals surface area (Å²) in [6.07, 6.45) is -3.54. The smallest absolute Gasteiger partial charge is 0.434 e. The third-order valence-electron chi connectivity index (χ3n) is 3.15. The molecule has 0 saturated heterocycles. The number of imidazole rings is 1. The zero-order valence-corrected chi connectivity index (χ0v) is 12.3. The number of aromatic nitrogens is 2. The van der Waals surface area contributed by atoms with Crippen LogP contribution in [0.25, 0.3) is 11.4 Å². The number of nitrogens with zero attached hydrogens (tertiary/aromatic N) is 3. The fraction of sp³-hybridized carbons (Fsp3) is 0.333. The fourth-order valence-corrected chi connectivity index (χ4v) is 2.07. The van der Waals surface area contributed by atoms with Crippen LogP contribution in [0.2, 0.25) is 0 Å². The molecule has 0 unspecified atom stereocenters. The molecule has 0 fully saturated rings. The van der Waals surface area contributed by atoms with Gasteiger partial charge in [-0.3, -0.25) is 0 Å². The highest BCUT2D eigenvalue weighted by Gasteiger charge is 2.35. The molecule has 2 rings (SSSR count). The Morgan fingerprint density at radius 1 is 1.32 bits per heavy atom. The van der Waals surface area contributed by atoms with Crippen LogP contribution < -0.4 is 4.74 Å². The van der Waals surface area contributed by atoms with Crippen LogP contribution >= 0.6 is 0 Å². The van der Waals surface area contributed by atoms with Crippen molar-refractivity contribution in [2.24, 2.45) is 0 Å². The predicted molar refractivity (Wildman–Crippen MR) is 74.3 cm³/mol. The summed E-state index contributed by atoms with van der Waals surface area (Å²) in [4.78, 5) is 3.71. The van der Waals surface area contributed by atoms with E-state index in [1.807, 2.05) is 6.07 Å². The van der Waals surface area contributed by atoms with Gasteiger partial charge in [-0.2, -0.15) is 18.4 Å². The van der Waals surface area contributed by atoms with Gasteiger partial charge in [-0.25, -0.2) is 4.98 Å². The minimum atomic E-state index is -4.52. The van der Waals surface area contributed by atoms with Crippen molar-refractivity contribution in [2.45, 2.75) is 26.1 Å². The van der Waals surface area contributed by atoms with E-state index >= 15 is 0 Å². The third-order valence-corrected chi connectivity index (χ3v) is 3.15. The van der Waals surface area contributed by atoms with E-state index in [-0.39, 0.29) is 11.9 Å². The standard InChI is InChI=1S/C15H14F3N3O/c1-9(2)21-8-13(15(16,17)18)20-14(21)11-5-4-10(7-19)6-12(11)22-3/h4-6,8-9H,1-3H3. The van der Waals surface area contributed by atoms with E-state index in [4.69, 9.17) is 10.00 Å². The number of nitriles is 1. The second kappa shape index (κ2) is 5.72. The second-order valence-electron chi connectivity index (χ2n) is 4.98. The normalized spacial score (nSPS) is 11.5. The van der Waals surface area contributed by atoms with Crippen LogP contribution in [0, 0.1) is 11.3 Å². The summed E-state index contributed by atoms with van der Waals surface area (Å²) in [5.41, 5.74) is -0.187. The molecule has 4 nitrogen and oxygen atoms in total. The molecule has 0 aliphatic carbocycles. The van der Waals surface area contributed by atoms with Gasteiger partial charge in [0.25, 0.3) is 0 Å². The van der Waals surface area contributed by atoms with Crippen LogP contribution in [0.15, 0.2) is 24.4 Å². The van der Waals surface area contributed by atoms with E-state index in [0.717, 1.165) is 6.20 Å². The van der Waals surface area contributed by atoms with E-state index < -0.39 is 11.9 Å². The Bertz CT molecular complexity index is 727. The number of rotatable bonds is 3. The first-order chi connectivity index (χ1) is 10.3. The first kappa shape index (κ1) is 15.9. The van der Waals surface area contributed by atoms with Crippen molar-refractivity contribution < 1.29 is 17.9 Å². The first-order valence-corrected chi connectivity index (χ1v) is 6.52. The van der Waals surface area contributed by atoms with E-state index in [1.165, 1.54) is 23.8 Å². The van der Waals surface area contributed by atoms with Crippen LogP contribution in [0.1, 0.15) is 31.1 Å². The number of benzene rings is 1. The molecule has 2 aromatic rings. The SMILES string of the molecule is COc1cc(C#N)ccc1-c1nc(C(F)(F)F)cn1C(C)C. The van der Waals surface area contributed by atoms with E-state index in [0.29, 0.717) is 16.9 Å². The molecule has 0 N–H and O–H groups in total. The maximum Gasteiger partial charge on any atom is 0.434 e. The highest BCUT2D eigenvalue weighted by Crippen LogP contribution is 2.36. The molecular formula is C15H14F3N3O. The van der Waals surface area contributed by atoms with Gasteiger partial charge in [0.15, 0.2) is 5.69 Å². The number of ether oxygens (including phenoxy) is 1. The van der Waals surface area contributed by atoms with Crippen molar-refractivity contribution in [2.75, 3.05) is 7.11 Å². The lowest BCUT2D eigenvalue weighted by Crippen LogP contribution is -2.05. The monoisotopic (exact) mass is 309 g/mol. The average Bonchev–Trinajstić information content (AvgIpc) is 2.91. The Hall–Kier alpha value is -2.49. The summed E-state index contributed by atoms with van der Waals surface area (Å²) in [6.45, 7) is 3.53. The van der Waals surface area contributed by atoms with Crippen LogP contribution in [0.4, 0.5) is 13.2 Å². The quantitative estimate of drug-likeness (QED) is 0.860. The lowest BCUT2D eigenvalue weighted by molar-refractivity contribution is -0.140.